The molecule has 3 aliphatic rings. The SMILES string of the molecule is Cc1ccc2[nH]c3c(O)cc4c(c3c2c1)C[C@@H]1NCC[C@]42CCCC[C@H]12. The number of phenols is 1. The molecule has 3 aromatic rings. The number of aromatic amines is 1. The third-order valence-electron chi connectivity index (χ3n) is 7.64. The topological polar surface area (TPSA) is 48.0 Å². The van der Waals surface area contributed by atoms with Crippen molar-refractivity contribution in [1.29, 1.82) is 0 Å². The fraction of sp³-hybridized carbons (Fsp3) is 0.478. The highest BCUT2D eigenvalue weighted by Gasteiger charge is 2.52. The Kier molecular flexibility index (Phi) is 2.93. The van der Waals surface area contributed by atoms with Crippen LogP contribution in [0.2, 0.25) is 0 Å². The normalized spacial score (nSPS) is 30.3. The molecule has 3 heteroatoms. The van der Waals surface area contributed by atoms with Crippen LogP contribution in [0.15, 0.2) is 24.3 Å². The molecule has 2 aromatic carbocycles. The Hall–Kier alpha value is -2.00. The average molecular weight is 346 g/mol. The van der Waals surface area contributed by atoms with Crippen molar-refractivity contribution in [3.05, 3.63) is 41.0 Å². The van der Waals surface area contributed by atoms with Gasteiger partial charge in [-0.1, -0.05) is 24.5 Å². The van der Waals surface area contributed by atoms with Gasteiger partial charge >= 0.3 is 0 Å². The minimum atomic E-state index is 0.279. The van der Waals surface area contributed by atoms with Crippen LogP contribution < -0.4 is 5.32 Å². The number of aromatic nitrogens is 1. The first kappa shape index (κ1) is 15.1. The van der Waals surface area contributed by atoms with Gasteiger partial charge in [0.1, 0.15) is 5.75 Å². The van der Waals surface area contributed by atoms with Crippen LogP contribution in [0, 0.1) is 12.8 Å². The lowest BCUT2D eigenvalue weighted by molar-refractivity contribution is 0.0801. The molecule has 0 spiro atoms. The van der Waals surface area contributed by atoms with E-state index in [4.69, 9.17) is 0 Å². The maximum absolute atomic E-state index is 10.9. The van der Waals surface area contributed by atoms with Gasteiger partial charge in [-0.25, -0.2) is 0 Å². The predicted octanol–water partition coefficient (Wildman–Crippen LogP) is 4.68. The van der Waals surface area contributed by atoms with Crippen LogP contribution in [-0.4, -0.2) is 22.7 Å². The number of nitrogens with one attached hydrogen (secondary N) is 2. The van der Waals surface area contributed by atoms with Gasteiger partial charge in [-0.05, 0) is 74.4 Å². The first-order valence-corrected chi connectivity index (χ1v) is 10.2. The Bertz CT molecular complexity index is 1050. The predicted molar refractivity (Wildman–Crippen MR) is 106 cm³/mol. The van der Waals surface area contributed by atoms with Crippen molar-refractivity contribution >= 4 is 21.8 Å². The number of phenolic OH excluding ortho intramolecular Hbond substituents is 1. The van der Waals surface area contributed by atoms with E-state index in [1.165, 1.54) is 59.6 Å². The second-order valence-electron chi connectivity index (χ2n) is 8.87. The summed E-state index contributed by atoms with van der Waals surface area (Å²) in [7, 11) is 0. The number of hydrogen-bond donors (Lipinski definition) is 3. The molecule has 134 valence electrons. The molecule has 3 atom stereocenters. The van der Waals surface area contributed by atoms with Gasteiger partial charge in [-0.2, -0.15) is 0 Å². The van der Waals surface area contributed by atoms with E-state index >= 15 is 0 Å². The highest BCUT2D eigenvalue weighted by molar-refractivity contribution is 6.11. The van der Waals surface area contributed by atoms with E-state index in [1.54, 1.807) is 0 Å². The summed E-state index contributed by atoms with van der Waals surface area (Å²) in [5.74, 6) is 1.17. The number of H-pyrrole nitrogens is 1. The molecular formula is C23H26N2O. The lowest BCUT2D eigenvalue weighted by Crippen LogP contribution is -2.59. The molecule has 0 amide bonds. The maximum Gasteiger partial charge on any atom is 0.139 e. The van der Waals surface area contributed by atoms with E-state index in [9.17, 15) is 5.11 Å². The molecule has 26 heavy (non-hydrogen) atoms. The summed E-state index contributed by atoms with van der Waals surface area (Å²) in [5, 5.41) is 17.3. The van der Waals surface area contributed by atoms with Crippen molar-refractivity contribution in [2.75, 3.05) is 6.54 Å². The molecular weight excluding hydrogens is 320 g/mol. The molecule has 0 unspecified atom stereocenters. The monoisotopic (exact) mass is 346 g/mol. The molecule has 1 saturated carbocycles. The molecule has 2 aliphatic carbocycles. The molecule has 2 fully saturated rings. The van der Waals surface area contributed by atoms with Crippen molar-refractivity contribution in [3.8, 4) is 5.75 Å². The summed E-state index contributed by atoms with van der Waals surface area (Å²) < 4.78 is 0. The van der Waals surface area contributed by atoms with Gasteiger partial charge < -0.3 is 15.4 Å². The number of aryl methyl sites for hydroxylation is 1. The van der Waals surface area contributed by atoms with Crippen molar-refractivity contribution in [1.82, 2.24) is 10.3 Å². The summed E-state index contributed by atoms with van der Waals surface area (Å²) in [4.78, 5) is 3.49. The van der Waals surface area contributed by atoms with Crippen molar-refractivity contribution in [2.24, 2.45) is 5.92 Å². The Balaban J connectivity index is 1.73. The number of aromatic hydroxyl groups is 1. The number of benzene rings is 2. The third-order valence-corrected chi connectivity index (χ3v) is 7.64. The highest BCUT2D eigenvalue weighted by Crippen LogP contribution is 2.56. The second-order valence-corrected chi connectivity index (χ2v) is 8.87. The van der Waals surface area contributed by atoms with Gasteiger partial charge in [0.2, 0.25) is 0 Å². The number of hydrogen-bond acceptors (Lipinski definition) is 2. The number of fused-ring (bicyclic) bond motifs is 5. The quantitative estimate of drug-likeness (QED) is 0.553. The lowest BCUT2D eigenvalue weighted by Gasteiger charge is -2.56. The molecule has 3 nitrogen and oxygen atoms in total. The molecule has 0 radical (unpaired) electrons. The number of rotatable bonds is 0. The Morgan fingerprint density at radius 3 is 3.00 bits per heavy atom. The first-order chi connectivity index (χ1) is 12.7. The fourth-order valence-electron chi connectivity index (χ4n) is 6.59. The standard InChI is InChI=1S/C23H26N2O/c1-13-5-6-18-15(10-13)21-14-11-19-16-4-2-3-7-23(16,8-9-24-19)17(14)12-20(26)22(21)25-18/h5-6,10,12,16,19,24-26H,2-4,7-9,11H2,1H3/t16-,19+,23+/m1/s1. The van der Waals surface area contributed by atoms with Gasteiger partial charge in [0, 0.05) is 27.7 Å². The second kappa shape index (κ2) is 5.04. The van der Waals surface area contributed by atoms with Crippen LogP contribution >= 0.6 is 0 Å². The Morgan fingerprint density at radius 2 is 2.08 bits per heavy atom. The summed E-state index contributed by atoms with van der Waals surface area (Å²) in [6, 6.07) is 9.30. The molecule has 2 heterocycles. The van der Waals surface area contributed by atoms with Gasteiger partial charge in [0.25, 0.3) is 0 Å². The lowest BCUT2D eigenvalue weighted by atomic mass is 9.52. The molecule has 3 N–H and O–H groups in total. The highest BCUT2D eigenvalue weighted by atomic mass is 16.3. The van der Waals surface area contributed by atoms with Gasteiger partial charge in [-0.15, -0.1) is 0 Å². The van der Waals surface area contributed by atoms with Crippen molar-refractivity contribution < 1.29 is 5.11 Å². The number of piperidine rings is 1. The fourth-order valence-corrected chi connectivity index (χ4v) is 6.59. The largest absolute Gasteiger partial charge is 0.506 e. The van der Waals surface area contributed by atoms with Crippen molar-refractivity contribution in [2.45, 2.75) is 56.9 Å². The van der Waals surface area contributed by atoms with Crippen LogP contribution in [0.5, 0.6) is 5.75 Å². The average Bonchev–Trinajstić information content (AvgIpc) is 3.02. The smallest absolute Gasteiger partial charge is 0.139 e. The zero-order valence-corrected chi connectivity index (χ0v) is 15.4. The van der Waals surface area contributed by atoms with E-state index in [0.29, 0.717) is 11.8 Å². The molecule has 1 aliphatic heterocycles. The van der Waals surface area contributed by atoms with E-state index in [1.807, 2.05) is 0 Å². The van der Waals surface area contributed by atoms with Gasteiger partial charge in [0.05, 0.1) is 5.52 Å². The maximum atomic E-state index is 10.9. The van der Waals surface area contributed by atoms with Crippen LogP contribution in [0.1, 0.15) is 48.8 Å². The molecule has 6 rings (SSSR count). The Morgan fingerprint density at radius 1 is 1.15 bits per heavy atom. The van der Waals surface area contributed by atoms with Crippen LogP contribution in [0.25, 0.3) is 21.8 Å². The molecule has 2 bridgehead atoms. The van der Waals surface area contributed by atoms with Crippen LogP contribution in [0.4, 0.5) is 0 Å². The summed E-state index contributed by atoms with van der Waals surface area (Å²) in [6.45, 7) is 3.27. The summed E-state index contributed by atoms with van der Waals surface area (Å²) in [6.07, 6.45) is 7.62. The van der Waals surface area contributed by atoms with E-state index < -0.39 is 0 Å². The van der Waals surface area contributed by atoms with E-state index in [0.717, 1.165) is 29.9 Å². The minimum absolute atomic E-state index is 0.279. The summed E-state index contributed by atoms with van der Waals surface area (Å²) in [5.41, 5.74) is 6.57. The van der Waals surface area contributed by atoms with Crippen molar-refractivity contribution in [3.63, 3.8) is 0 Å². The minimum Gasteiger partial charge on any atom is -0.506 e. The van der Waals surface area contributed by atoms with Gasteiger partial charge in [0.15, 0.2) is 0 Å². The zero-order chi connectivity index (χ0) is 17.5. The van der Waals surface area contributed by atoms with E-state index in [2.05, 4.69) is 41.5 Å². The van der Waals surface area contributed by atoms with Crippen LogP contribution in [-0.2, 0) is 11.8 Å². The summed E-state index contributed by atoms with van der Waals surface area (Å²) >= 11 is 0. The van der Waals surface area contributed by atoms with E-state index in [-0.39, 0.29) is 5.41 Å². The Labute approximate surface area is 153 Å². The molecule has 1 aromatic heterocycles. The van der Waals surface area contributed by atoms with Crippen LogP contribution in [0.3, 0.4) is 0 Å². The first-order valence-electron chi connectivity index (χ1n) is 10.2. The van der Waals surface area contributed by atoms with Gasteiger partial charge in [-0.3, -0.25) is 0 Å². The third kappa shape index (κ3) is 1.77. The zero-order valence-electron chi connectivity index (χ0n) is 15.4. The molecule has 1 saturated heterocycles.